The van der Waals surface area contributed by atoms with E-state index in [0.717, 1.165) is 17.0 Å². The molecule has 0 aliphatic heterocycles. The van der Waals surface area contributed by atoms with Gasteiger partial charge in [0.15, 0.2) is 5.16 Å². The van der Waals surface area contributed by atoms with Crippen molar-refractivity contribution in [3.05, 3.63) is 70.5 Å². The number of carbonyl (C=O) groups is 1. The summed E-state index contributed by atoms with van der Waals surface area (Å²) in [5, 5.41) is 4.31. The fraction of sp³-hybridized carbons (Fsp3) is 0.200. The van der Waals surface area contributed by atoms with Crippen LogP contribution in [0.3, 0.4) is 0 Å². The molecule has 0 aliphatic rings. The topological polar surface area (TPSA) is 67.8 Å². The van der Waals surface area contributed by atoms with Gasteiger partial charge in [-0.3, -0.25) is 9.78 Å². The maximum atomic E-state index is 12.0. The first kappa shape index (κ1) is 22.1. The average Bonchev–Trinajstić information content (AvgIpc) is 2.75. The van der Waals surface area contributed by atoms with Crippen molar-refractivity contribution in [2.45, 2.75) is 25.5 Å². The predicted octanol–water partition coefficient (Wildman–Crippen LogP) is 5.28. The zero-order chi connectivity index (χ0) is 20.4. The number of aromatic nitrogens is 3. The van der Waals surface area contributed by atoms with Gasteiger partial charge in [-0.1, -0.05) is 60.9 Å². The molecule has 0 radical (unpaired) electrons. The molecule has 146 valence electrons. The SMILES string of the molecule is CC.O=C(CSc1nccc(-c2ccccn2)n1)NCc1ccc(Cl)c(Cl)c1. The van der Waals surface area contributed by atoms with E-state index in [1.165, 1.54) is 11.8 Å². The molecule has 5 nitrogen and oxygen atoms in total. The van der Waals surface area contributed by atoms with Crippen LogP contribution in [0.4, 0.5) is 0 Å². The zero-order valence-electron chi connectivity index (χ0n) is 15.5. The maximum Gasteiger partial charge on any atom is 0.230 e. The van der Waals surface area contributed by atoms with E-state index in [4.69, 9.17) is 23.2 Å². The molecule has 2 aromatic heterocycles. The largest absolute Gasteiger partial charge is 0.351 e. The van der Waals surface area contributed by atoms with E-state index in [1.807, 2.05) is 38.1 Å². The highest BCUT2D eigenvalue weighted by Gasteiger charge is 2.08. The lowest BCUT2D eigenvalue weighted by Crippen LogP contribution is -2.24. The van der Waals surface area contributed by atoms with Crippen molar-refractivity contribution in [2.75, 3.05) is 5.75 Å². The fourth-order valence-corrected chi connectivity index (χ4v) is 3.08. The normalized spacial score (nSPS) is 10.0. The van der Waals surface area contributed by atoms with E-state index in [0.29, 0.717) is 21.7 Å². The van der Waals surface area contributed by atoms with Crippen molar-refractivity contribution in [1.82, 2.24) is 20.3 Å². The molecule has 1 amide bonds. The summed E-state index contributed by atoms with van der Waals surface area (Å²) in [6, 6.07) is 12.7. The molecule has 3 aromatic rings. The van der Waals surface area contributed by atoms with E-state index in [9.17, 15) is 4.79 Å². The highest BCUT2D eigenvalue weighted by molar-refractivity contribution is 7.99. The first-order chi connectivity index (χ1) is 13.6. The number of thioether (sulfide) groups is 1. The molecule has 0 saturated carbocycles. The molecule has 0 saturated heterocycles. The lowest BCUT2D eigenvalue weighted by atomic mass is 10.2. The minimum Gasteiger partial charge on any atom is -0.351 e. The molecule has 2 heterocycles. The number of benzene rings is 1. The van der Waals surface area contributed by atoms with Crippen molar-refractivity contribution in [1.29, 1.82) is 0 Å². The number of halogens is 2. The summed E-state index contributed by atoms with van der Waals surface area (Å²) in [5.74, 6) is 0.0976. The Morgan fingerprint density at radius 2 is 1.82 bits per heavy atom. The summed E-state index contributed by atoms with van der Waals surface area (Å²) < 4.78 is 0. The number of amides is 1. The second-order valence-corrected chi connectivity index (χ2v) is 7.01. The van der Waals surface area contributed by atoms with Gasteiger partial charge in [-0.15, -0.1) is 0 Å². The molecular weight excluding hydrogens is 415 g/mol. The quantitative estimate of drug-likeness (QED) is 0.422. The van der Waals surface area contributed by atoms with Crippen LogP contribution in [0.5, 0.6) is 0 Å². The summed E-state index contributed by atoms with van der Waals surface area (Å²) >= 11 is 13.1. The van der Waals surface area contributed by atoms with Gasteiger partial charge in [0.2, 0.25) is 5.91 Å². The van der Waals surface area contributed by atoms with Gasteiger partial charge in [0, 0.05) is 18.9 Å². The van der Waals surface area contributed by atoms with Gasteiger partial charge in [0.05, 0.1) is 27.2 Å². The monoisotopic (exact) mass is 434 g/mol. The molecule has 0 spiro atoms. The molecule has 3 rings (SSSR count). The van der Waals surface area contributed by atoms with E-state index in [2.05, 4.69) is 20.3 Å². The third-order valence-corrected chi connectivity index (χ3v) is 4.97. The van der Waals surface area contributed by atoms with Crippen LogP contribution in [-0.4, -0.2) is 26.6 Å². The first-order valence-corrected chi connectivity index (χ1v) is 10.4. The Morgan fingerprint density at radius 1 is 1.00 bits per heavy atom. The van der Waals surface area contributed by atoms with Crippen LogP contribution >= 0.6 is 35.0 Å². The van der Waals surface area contributed by atoms with Gasteiger partial charge in [0.25, 0.3) is 0 Å². The Hall–Kier alpha value is -2.15. The van der Waals surface area contributed by atoms with Crippen molar-refractivity contribution in [3.63, 3.8) is 0 Å². The van der Waals surface area contributed by atoms with Gasteiger partial charge in [-0.05, 0) is 35.9 Å². The van der Waals surface area contributed by atoms with Crippen LogP contribution in [-0.2, 0) is 11.3 Å². The van der Waals surface area contributed by atoms with Crippen LogP contribution < -0.4 is 5.32 Å². The number of nitrogens with zero attached hydrogens (tertiary/aromatic N) is 3. The first-order valence-electron chi connectivity index (χ1n) is 8.70. The number of rotatable bonds is 6. The molecule has 0 aliphatic carbocycles. The summed E-state index contributed by atoms with van der Waals surface area (Å²) in [4.78, 5) is 24.9. The van der Waals surface area contributed by atoms with Gasteiger partial charge in [-0.2, -0.15) is 0 Å². The van der Waals surface area contributed by atoms with Crippen LogP contribution in [0.15, 0.2) is 60.0 Å². The average molecular weight is 435 g/mol. The zero-order valence-corrected chi connectivity index (χ0v) is 17.9. The van der Waals surface area contributed by atoms with Crippen LogP contribution in [0.1, 0.15) is 19.4 Å². The molecule has 0 unspecified atom stereocenters. The maximum absolute atomic E-state index is 12.0. The van der Waals surface area contributed by atoms with E-state index in [-0.39, 0.29) is 11.7 Å². The second-order valence-electron chi connectivity index (χ2n) is 5.25. The Morgan fingerprint density at radius 3 is 2.54 bits per heavy atom. The van der Waals surface area contributed by atoms with E-state index < -0.39 is 0 Å². The van der Waals surface area contributed by atoms with Crippen molar-refractivity contribution in [3.8, 4) is 11.4 Å². The van der Waals surface area contributed by atoms with Crippen LogP contribution in [0.2, 0.25) is 10.0 Å². The smallest absolute Gasteiger partial charge is 0.230 e. The predicted molar refractivity (Wildman–Crippen MR) is 116 cm³/mol. The summed E-state index contributed by atoms with van der Waals surface area (Å²) in [7, 11) is 0. The Labute approximate surface area is 178 Å². The van der Waals surface area contributed by atoms with Crippen molar-refractivity contribution >= 4 is 40.9 Å². The summed E-state index contributed by atoms with van der Waals surface area (Å²) in [6.07, 6.45) is 3.37. The molecule has 0 fully saturated rings. The Bertz CT molecular complexity index is 910. The van der Waals surface area contributed by atoms with Crippen molar-refractivity contribution < 1.29 is 4.79 Å². The molecule has 1 N–H and O–H groups in total. The lowest BCUT2D eigenvalue weighted by Gasteiger charge is -2.06. The van der Waals surface area contributed by atoms with Gasteiger partial charge >= 0.3 is 0 Å². The van der Waals surface area contributed by atoms with Gasteiger partial charge < -0.3 is 5.32 Å². The lowest BCUT2D eigenvalue weighted by molar-refractivity contribution is -0.118. The standard InChI is InChI=1S/C18H14Cl2N4OS.C2H6/c19-13-5-4-12(9-14(13)20)10-23-17(25)11-26-18-22-8-6-16(24-18)15-3-1-2-7-21-15;1-2/h1-9H,10-11H2,(H,23,25);1-2H3. The minimum absolute atomic E-state index is 0.118. The van der Waals surface area contributed by atoms with Gasteiger partial charge in [0.1, 0.15) is 0 Å². The number of nitrogens with one attached hydrogen (secondary N) is 1. The van der Waals surface area contributed by atoms with Crippen molar-refractivity contribution in [2.24, 2.45) is 0 Å². The Balaban J connectivity index is 0.00000136. The third kappa shape index (κ3) is 6.78. The van der Waals surface area contributed by atoms with Crippen LogP contribution in [0, 0.1) is 0 Å². The van der Waals surface area contributed by atoms with Crippen LogP contribution in [0.25, 0.3) is 11.4 Å². The summed E-state index contributed by atoms with van der Waals surface area (Å²) in [6.45, 7) is 4.38. The number of hydrogen-bond acceptors (Lipinski definition) is 5. The summed E-state index contributed by atoms with van der Waals surface area (Å²) in [5.41, 5.74) is 2.37. The molecular formula is C20H20Cl2N4OS. The molecule has 0 bridgehead atoms. The third-order valence-electron chi connectivity index (χ3n) is 3.37. The van der Waals surface area contributed by atoms with E-state index in [1.54, 1.807) is 30.6 Å². The van der Waals surface area contributed by atoms with Gasteiger partial charge in [-0.25, -0.2) is 9.97 Å². The highest BCUT2D eigenvalue weighted by atomic mass is 35.5. The fourth-order valence-electron chi connectivity index (χ4n) is 2.10. The molecule has 0 atom stereocenters. The van der Waals surface area contributed by atoms with E-state index >= 15 is 0 Å². The minimum atomic E-state index is -0.118. The second kappa shape index (κ2) is 11.6. The number of pyridine rings is 1. The molecule has 1 aromatic carbocycles. The highest BCUT2D eigenvalue weighted by Crippen LogP contribution is 2.22. The Kier molecular flexibility index (Phi) is 9.20. The number of carbonyl (C=O) groups excluding carboxylic acids is 1. The molecule has 28 heavy (non-hydrogen) atoms. The molecule has 8 heteroatoms. The number of hydrogen-bond donors (Lipinski definition) is 1.